The molecule has 5 nitrogen and oxygen atoms in total. The largest absolute Gasteiger partial charge is 0.504 e. The third kappa shape index (κ3) is 3.66. The van der Waals surface area contributed by atoms with Crippen molar-refractivity contribution < 1.29 is 19.7 Å². The molecule has 4 atom stereocenters. The van der Waals surface area contributed by atoms with E-state index in [0.29, 0.717) is 11.3 Å². The van der Waals surface area contributed by atoms with Gasteiger partial charge >= 0.3 is 0 Å². The van der Waals surface area contributed by atoms with Crippen LogP contribution >= 0.6 is 27.7 Å². The molecule has 7 heteroatoms. The first-order valence-electron chi connectivity index (χ1n) is 10.1. The van der Waals surface area contributed by atoms with Gasteiger partial charge in [0.1, 0.15) is 0 Å². The Hall–Kier alpha value is -1.96. The molecule has 0 bridgehead atoms. The number of phenols is 2. The summed E-state index contributed by atoms with van der Waals surface area (Å²) in [5.41, 5.74) is 0.934. The maximum atomic E-state index is 12.8. The van der Waals surface area contributed by atoms with Crippen molar-refractivity contribution in [1.29, 1.82) is 0 Å². The van der Waals surface area contributed by atoms with E-state index in [-0.39, 0.29) is 40.9 Å². The Morgan fingerprint density at radius 1 is 1.23 bits per heavy atom. The zero-order chi connectivity index (χ0) is 22.5. The van der Waals surface area contributed by atoms with Crippen LogP contribution in [-0.4, -0.2) is 48.1 Å². The van der Waals surface area contributed by atoms with Gasteiger partial charge in [-0.1, -0.05) is 35.0 Å². The third-order valence-corrected chi connectivity index (χ3v) is 8.30. The second kappa shape index (κ2) is 8.19. The molecule has 0 aliphatic heterocycles. The Labute approximate surface area is 195 Å². The van der Waals surface area contributed by atoms with Crippen LogP contribution in [-0.2, 0) is 14.9 Å². The van der Waals surface area contributed by atoms with Gasteiger partial charge in [-0.15, -0.1) is 11.8 Å². The van der Waals surface area contributed by atoms with E-state index in [2.05, 4.69) is 33.0 Å². The lowest BCUT2D eigenvalue weighted by molar-refractivity contribution is -0.121. The third-order valence-electron chi connectivity index (χ3n) is 6.49. The molecule has 0 spiro atoms. The number of aromatic hydroxyl groups is 2. The Bertz CT molecular complexity index is 1070. The summed E-state index contributed by atoms with van der Waals surface area (Å²) in [4.78, 5) is 16.1. The molecule has 0 heterocycles. The van der Waals surface area contributed by atoms with Crippen LogP contribution in [0.4, 0.5) is 0 Å². The number of fused-ring (bicyclic) bond motifs is 3. The van der Waals surface area contributed by atoms with Crippen molar-refractivity contribution in [1.82, 2.24) is 4.90 Å². The van der Waals surface area contributed by atoms with Crippen LogP contribution in [0.5, 0.6) is 11.5 Å². The van der Waals surface area contributed by atoms with Gasteiger partial charge < -0.3 is 19.8 Å². The molecule has 31 heavy (non-hydrogen) atoms. The van der Waals surface area contributed by atoms with Crippen LogP contribution in [0.3, 0.4) is 0 Å². The summed E-state index contributed by atoms with van der Waals surface area (Å²) in [6.07, 6.45) is 2.12. The molecule has 0 amide bonds. The van der Waals surface area contributed by atoms with Gasteiger partial charge in [-0.3, -0.25) is 4.79 Å². The number of rotatable bonds is 4. The first-order chi connectivity index (χ1) is 14.7. The predicted molar refractivity (Wildman–Crippen MR) is 126 cm³/mol. The lowest BCUT2D eigenvalue weighted by atomic mass is 9.57. The molecule has 2 aromatic carbocycles. The highest BCUT2D eigenvalue weighted by atomic mass is 79.9. The standard InChI is InChI=1S/C24H26BrNO4S/c1-24-12-18(28)19(30-4)11-16(24)21(26(2)3)23(31-14-7-5-6-13(25)10-14)15-8-9-17(27)22(29)20(15)24/h5-11,16,21,23,27,29H,12H2,1-4H3/t16-,21-,23-,24-/m1/s1. The number of Topliss-reactive ketones (excluding diaryl/α,β-unsaturated/α-hetero) is 1. The van der Waals surface area contributed by atoms with Crippen LogP contribution in [0, 0.1) is 5.92 Å². The molecule has 2 aromatic rings. The number of hydrogen-bond donors (Lipinski definition) is 2. The van der Waals surface area contributed by atoms with Crippen molar-refractivity contribution in [3.8, 4) is 11.5 Å². The first kappa shape index (κ1) is 22.2. The van der Waals surface area contributed by atoms with E-state index >= 15 is 0 Å². The highest BCUT2D eigenvalue weighted by Crippen LogP contribution is 2.60. The molecule has 2 aliphatic carbocycles. The van der Waals surface area contributed by atoms with Gasteiger partial charge in [0.2, 0.25) is 0 Å². The van der Waals surface area contributed by atoms with Gasteiger partial charge in [-0.2, -0.15) is 0 Å². The van der Waals surface area contributed by atoms with E-state index in [1.807, 2.05) is 45.3 Å². The van der Waals surface area contributed by atoms with E-state index in [0.717, 1.165) is 14.9 Å². The van der Waals surface area contributed by atoms with E-state index in [4.69, 9.17) is 4.74 Å². The van der Waals surface area contributed by atoms with Crippen molar-refractivity contribution in [2.75, 3.05) is 21.2 Å². The second-order valence-electron chi connectivity index (χ2n) is 8.63. The molecule has 0 saturated carbocycles. The van der Waals surface area contributed by atoms with Gasteiger partial charge in [-0.25, -0.2) is 0 Å². The number of carbonyl (C=O) groups excluding carboxylic acids is 1. The van der Waals surface area contributed by atoms with Crippen molar-refractivity contribution in [3.05, 3.63) is 63.8 Å². The number of likely N-dealkylation sites (N-methyl/N-ethyl adjacent to an activating group) is 1. The first-order valence-corrected chi connectivity index (χ1v) is 11.8. The van der Waals surface area contributed by atoms with Gasteiger partial charge in [0.25, 0.3) is 0 Å². The number of benzene rings is 2. The number of carbonyl (C=O) groups is 1. The van der Waals surface area contributed by atoms with E-state index in [9.17, 15) is 15.0 Å². The number of nitrogens with zero attached hydrogens (tertiary/aromatic N) is 1. The Kier molecular flexibility index (Phi) is 5.87. The zero-order valence-electron chi connectivity index (χ0n) is 17.9. The Morgan fingerprint density at radius 3 is 2.61 bits per heavy atom. The summed E-state index contributed by atoms with van der Waals surface area (Å²) in [5.74, 6) is -0.125. The maximum Gasteiger partial charge on any atom is 0.197 e. The molecule has 0 radical (unpaired) electrons. The van der Waals surface area contributed by atoms with Crippen molar-refractivity contribution in [2.45, 2.75) is 34.9 Å². The van der Waals surface area contributed by atoms with Crippen LogP contribution < -0.4 is 0 Å². The molecule has 0 unspecified atom stereocenters. The molecule has 0 saturated heterocycles. The van der Waals surface area contributed by atoms with Crippen molar-refractivity contribution >= 4 is 33.5 Å². The fourth-order valence-electron chi connectivity index (χ4n) is 5.11. The number of allylic oxidation sites excluding steroid dienone is 1. The summed E-state index contributed by atoms with van der Waals surface area (Å²) in [5, 5.41) is 21.3. The summed E-state index contributed by atoms with van der Waals surface area (Å²) in [6, 6.07) is 11.6. The topological polar surface area (TPSA) is 70.0 Å². The van der Waals surface area contributed by atoms with Crippen LogP contribution in [0.25, 0.3) is 0 Å². The van der Waals surface area contributed by atoms with E-state index in [1.54, 1.807) is 17.8 Å². The molecule has 0 fully saturated rings. The van der Waals surface area contributed by atoms with Gasteiger partial charge in [0.15, 0.2) is 23.0 Å². The molecular formula is C24H26BrNO4S. The van der Waals surface area contributed by atoms with Gasteiger partial charge in [-0.05, 0) is 50.0 Å². The highest BCUT2D eigenvalue weighted by Gasteiger charge is 2.54. The van der Waals surface area contributed by atoms with E-state index in [1.165, 1.54) is 7.11 Å². The summed E-state index contributed by atoms with van der Waals surface area (Å²) in [6.45, 7) is 2.01. The SMILES string of the molecule is COC1=C[C@@H]2[C@@H](N(C)C)[C@H](Sc3cccc(Br)c3)c3ccc(O)c(O)c3[C@]2(C)CC1=O. The van der Waals surface area contributed by atoms with Crippen molar-refractivity contribution in [3.63, 3.8) is 0 Å². The van der Waals surface area contributed by atoms with Gasteiger partial charge in [0.05, 0.1) is 12.4 Å². The van der Waals surface area contributed by atoms with Crippen LogP contribution in [0.1, 0.15) is 29.7 Å². The fraction of sp³-hybridized carbons (Fsp3) is 0.375. The lowest BCUT2D eigenvalue weighted by Crippen LogP contribution is -2.54. The molecule has 0 aromatic heterocycles. The quantitative estimate of drug-likeness (QED) is 0.571. The smallest absolute Gasteiger partial charge is 0.197 e. The summed E-state index contributed by atoms with van der Waals surface area (Å²) in [7, 11) is 5.61. The number of ketones is 1. The number of phenolic OH excluding ortho intramolecular Hbond substituents is 2. The second-order valence-corrected chi connectivity index (χ2v) is 10.8. The number of methoxy groups -OCH3 is 1. The maximum absolute atomic E-state index is 12.8. The number of ether oxygens (including phenoxy) is 1. The molecule has 4 rings (SSSR count). The average molecular weight is 504 g/mol. The van der Waals surface area contributed by atoms with E-state index < -0.39 is 5.41 Å². The molecule has 2 aliphatic rings. The fourth-order valence-corrected chi connectivity index (χ4v) is 7.18. The lowest BCUT2D eigenvalue weighted by Gasteiger charge is -2.53. The average Bonchev–Trinajstić information content (AvgIpc) is 2.70. The number of hydrogen-bond acceptors (Lipinski definition) is 6. The number of halogens is 1. The Morgan fingerprint density at radius 2 is 1.97 bits per heavy atom. The summed E-state index contributed by atoms with van der Waals surface area (Å²) < 4.78 is 6.40. The monoisotopic (exact) mass is 503 g/mol. The van der Waals surface area contributed by atoms with Crippen LogP contribution in [0.2, 0.25) is 0 Å². The van der Waals surface area contributed by atoms with Crippen molar-refractivity contribution in [2.24, 2.45) is 5.92 Å². The van der Waals surface area contributed by atoms with Gasteiger partial charge in [0, 0.05) is 38.7 Å². The normalized spacial score (nSPS) is 27.5. The predicted octanol–water partition coefficient (Wildman–Crippen LogP) is 5.01. The summed E-state index contributed by atoms with van der Waals surface area (Å²) >= 11 is 5.27. The zero-order valence-corrected chi connectivity index (χ0v) is 20.3. The van der Waals surface area contributed by atoms with Crippen LogP contribution in [0.15, 0.2) is 57.6 Å². The minimum Gasteiger partial charge on any atom is -0.504 e. The molecular weight excluding hydrogens is 478 g/mol. The highest BCUT2D eigenvalue weighted by molar-refractivity contribution is 9.10. The Balaban J connectivity index is 1.96. The number of thioether (sulfide) groups is 1. The minimum absolute atomic E-state index is 0.0312. The molecule has 164 valence electrons. The molecule has 2 N–H and O–H groups in total. The minimum atomic E-state index is -0.666.